The Labute approximate surface area is 138 Å². The predicted molar refractivity (Wildman–Crippen MR) is 87.8 cm³/mol. The number of nitrogens with one attached hydrogen (secondary N) is 1. The van der Waals surface area contributed by atoms with E-state index >= 15 is 0 Å². The first kappa shape index (κ1) is 14.6. The molecule has 1 N–H and O–H groups in total. The number of H-pyrrole nitrogens is 1. The van der Waals surface area contributed by atoms with E-state index in [1.165, 1.54) is 10.6 Å². The molecule has 1 fully saturated rings. The van der Waals surface area contributed by atoms with Gasteiger partial charge in [-0.25, -0.2) is 9.50 Å². The number of carbonyl (C=O) groups is 1. The van der Waals surface area contributed by atoms with Crippen LogP contribution in [0.15, 0.2) is 41.3 Å². The SMILES string of the molecule is Cc1cc(=O)n2[nH]c([C@@H]3CCCN3C(=O)c3ccccn3)cc2n1. The van der Waals surface area contributed by atoms with Crippen molar-refractivity contribution in [2.24, 2.45) is 0 Å². The average Bonchev–Trinajstić information content (AvgIpc) is 3.21. The van der Waals surface area contributed by atoms with Crippen LogP contribution in [0, 0.1) is 6.92 Å². The van der Waals surface area contributed by atoms with E-state index in [0.29, 0.717) is 23.6 Å². The molecule has 3 aromatic heterocycles. The first-order valence-corrected chi connectivity index (χ1v) is 7.95. The van der Waals surface area contributed by atoms with Gasteiger partial charge in [-0.2, -0.15) is 0 Å². The zero-order valence-corrected chi connectivity index (χ0v) is 13.3. The van der Waals surface area contributed by atoms with Crippen molar-refractivity contribution in [2.75, 3.05) is 6.54 Å². The third kappa shape index (κ3) is 2.38. The van der Waals surface area contributed by atoms with Crippen LogP contribution < -0.4 is 5.56 Å². The minimum atomic E-state index is -0.149. The molecule has 0 bridgehead atoms. The Morgan fingerprint density at radius 2 is 2.21 bits per heavy atom. The first-order chi connectivity index (χ1) is 11.6. The number of aryl methyl sites for hydroxylation is 1. The van der Waals surface area contributed by atoms with Crippen LogP contribution in [0.4, 0.5) is 0 Å². The van der Waals surface area contributed by atoms with Crippen LogP contribution in [0.25, 0.3) is 5.65 Å². The number of hydrogen-bond acceptors (Lipinski definition) is 4. The molecule has 1 aliphatic heterocycles. The number of hydrogen-bond donors (Lipinski definition) is 1. The molecule has 1 aliphatic rings. The van der Waals surface area contributed by atoms with Gasteiger partial charge in [-0.05, 0) is 31.9 Å². The monoisotopic (exact) mass is 323 g/mol. The number of aromatic amines is 1. The lowest BCUT2D eigenvalue weighted by Gasteiger charge is -2.23. The summed E-state index contributed by atoms with van der Waals surface area (Å²) in [6.07, 6.45) is 3.38. The Bertz CT molecular complexity index is 960. The second-order valence-electron chi connectivity index (χ2n) is 6.01. The third-order valence-corrected chi connectivity index (χ3v) is 4.35. The number of fused-ring (bicyclic) bond motifs is 1. The highest BCUT2D eigenvalue weighted by Crippen LogP contribution is 2.32. The fraction of sp³-hybridized carbons (Fsp3) is 0.294. The van der Waals surface area contributed by atoms with E-state index in [4.69, 9.17) is 0 Å². The molecule has 1 atom stereocenters. The van der Waals surface area contributed by atoms with Crippen molar-refractivity contribution < 1.29 is 4.79 Å². The molecule has 0 saturated carbocycles. The maximum absolute atomic E-state index is 12.7. The molecule has 0 aliphatic carbocycles. The van der Waals surface area contributed by atoms with Crippen molar-refractivity contribution in [1.82, 2.24) is 24.5 Å². The van der Waals surface area contributed by atoms with Crippen molar-refractivity contribution in [3.05, 3.63) is 64.0 Å². The number of carbonyl (C=O) groups excluding carboxylic acids is 1. The third-order valence-electron chi connectivity index (χ3n) is 4.35. The largest absolute Gasteiger partial charge is 0.329 e. The molecule has 0 unspecified atom stereocenters. The number of pyridine rings is 1. The van der Waals surface area contributed by atoms with E-state index in [-0.39, 0.29) is 17.5 Å². The fourth-order valence-electron chi connectivity index (χ4n) is 3.27. The summed E-state index contributed by atoms with van der Waals surface area (Å²) >= 11 is 0. The van der Waals surface area contributed by atoms with Crippen LogP contribution in [-0.4, -0.2) is 36.9 Å². The zero-order chi connectivity index (χ0) is 16.7. The molecule has 4 heterocycles. The highest BCUT2D eigenvalue weighted by molar-refractivity contribution is 5.92. The number of amides is 1. The second-order valence-corrected chi connectivity index (χ2v) is 6.01. The number of aromatic nitrogens is 4. The first-order valence-electron chi connectivity index (χ1n) is 7.95. The minimum Gasteiger partial charge on any atom is -0.329 e. The van der Waals surface area contributed by atoms with Crippen LogP contribution in [0.3, 0.4) is 0 Å². The molecular weight excluding hydrogens is 306 g/mol. The van der Waals surface area contributed by atoms with Gasteiger partial charge < -0.3 is 4.90 Å². The van der Waals surface area contributed by atoms with Gasteiger partial charge in [0.15, 0.2) is 5.65 Å². The Morgan fingerprint density at radius 1 is 1.33 bits per heavy atom. The van der Waals surface area contributed by atoms with Crippen molar-refractivity contribution in [2.45, 2.75) is 25.8 Å². The lowest BCUT2D eigenvalue weighted by Crippen LogP contribution is -2.31. The molecule has 1 amide bonds. The van der Waals surface area contributed by atoms with Gasteiger partial charge in [-0.1, -0.05) is 6.07 Å². The minimum absolute atomic E-state index is 0.0896. The lowest BCUT2D eigenvalue weighted by molar-refractivity contribution is 0.0726. The summed E-state index contributed by atoms with van der Waals surface area (Å²) in [5.74, 6) is -0.0896. The van der Waals surface area contributed by atoms with Crippen molar-refractivity contribution in [3.8, 4) is 0 Å². The molecule has 24 heavy (non-hydrogen) atoms. The molecule has 7 heteroatoms. The van der Waals surface area contributed by atoms with Crippen molar-refractivity contribution >= 4 is 11.6 Å². The van der Waals surface area contributed by atoms with E-state index in [1.54, 1.807) is 31.3 Å². The maximum atomic E-state index is 12.7. The van der Waals surface area contributed by atoms with Crippen LogP contribution >= 0.6 is 0 Å². The summed E-state index contributed by atoms with van der Waals surface area (Å²) in [6.45, 7) is 2.47. The topological polar surface area (TPSA) is 83.4 Å². The maximum Gasteiger partial charge on any atom is 0.273 e. The Hall–Kier alpha value is -2.96. The van der Waals surface area contributed by atoms with Crippen LogP contribution in [-0.2, 0) is 0 Å². The highest BCUT2D eigenvalue weighted by Gasteiger charge is 2.32. The summed E-state index contributed by atoms with van der Waals surface area (Å²) in [5.41, 5.74) is 2.37. The second kappa shape index (κ2) is 5.59. The fourth-order valence-corrected chi connectivity index (χ4v) is 3.27. The molecule has 3 aromatic rings. The van der Waals surface area contributed by atoms with E-state index in [1.807, 2.05) is 11.0 Å². The number of rotatable bonds is 2. The highest BCUT2D eigenvalue weighted by atomic mass is 16.2. The van der Waals surface area contributed by atoms with Gasteiger partial charge in [0, 0.05) is 30.6 Å². The van der Waals surface area contributed by atoms with Gasteiger partial charge >= 0.3 is 0 Å². The number of likely N-dealkylation sites (tertiary alicyclic amines) is 1. The van der Waals surface area contributed by atoms with Crippen molar-refractivity contribution in [3.63, 3.8) is 0 Å². The molecule has 0 radical (unpaired) electrons. The molecule has 0 aromatic carbocycles. The van der Waals surface area contributed by atoms with Gasteiger partial charge in [-0.15, -0.1) is 0 Å². The summed E-state index contributed by atoms with van der Waals surface area (Å²) in [5, 5.41) is 3.10. The van der Waals surface area contributed by atoms with Crippen LogP contribution in [0.5, 0.6) is 0 Å². The normalized spacial score (nSPS) is 17.5. The summed E-state index contributed by atoms with van der Waals surface area (Å²) in [6, 6.07) is 8.55. The summed E-state index contributed by atoms with van der Waals surface area (Å²) < 4.78 is 1.42. The molecule has 7 nitrogen and oxygen atoms in total. The van der Waals surface area contributed by atoms with E-state index < -0.39 is 0 Å². The summed E-state index contributed by atoms with van der Waals surface area (Å²) in [7, 11) is 0. The lowest BCUT2D eigenvalue weighted by atomic mass is 10.1. The van der Waals surface area contributed by atoms with E-state index in [0.717, 1.165) is 18.5 Å². The molecule has 1 saturated heterocycles. The van der Waals surface area contributed by atoms with Gasteiger partial charge in [0.2, 0.25) is 0 Å². The predicted octanol–water partition coefficient (Wildman–Crippen LogP) is 1.70. The van der Waals surface area contributed by atoms with Crippen LogP contribution in [0.2, 0.25) is 0 Å². The molecule has 4 rings (SSSR count). The van der Waals surface area contributed by atoms with Gasteiger partial charge in [0.25, 0.3) is 11.5 Å². The van der Waals surface area contributed by atoms with Crippen LogP contribution in [0.1, 0.15) is 40.8 Å². The van der Waals surface area contributed by atoms with E-state index in [9.17, 15) is 9.59 Å². The van der Waals surface area contributed by atoms with E-state index in [2.05, 4.69) is 15.1 Å². The van der Waals surface area contributed by atoms with Gasteiger partial charge in [-0.3, -0.25) is 19.7 Å². The quantitative estimate of drug-likeness (QED) is 0.778. The average molecular weight is 323 g/mol. The Balaban J connectivity index is 1.72. The Kier molecular flexibility index (Phi) is 3.41. The number of nitrogens with zero attached hydrogens (tertiary/aromatic N) is 4. The molecule has 0 spiro atoms. The summed E-state index contributed by atoms with van der Waals surface area (Å²) in [4.78, 5) is 35.1. The molecular formula is C17H17N5O2. The standard InChI is InChI=1S/C17H17N5O2/c1-11-9-16(23)22-15(19-11)10-13(20-22)14-6-4-8-21(14)17(24)12-5-2-3-7-18-12/h2-3,5,7,9-10,14,20H,4,6,8H2,1H3/t14-/m0/s1. The smallest absolute Gasteiger partial charge is 0.273 e. The molecule has 122 valence electrons. The van der Waals surface area contributed by atoms with Gasteiger partial charge in [0.1, 0.15) is 5.69 Å². The van der Waals surface area contributed by atoms with Gasteiger partial charge in [0.05, 0.1) is 11.7 Å². The Morgan fingerprint density at radius 3 is 3.00 bits per heavy atom. The zero-order valence-electron chi connectivity index (χ0n) is 13.3. The van der Waals surface area contributed by atoms with Crippen molar-refractivity contribution in [1.29, 1.82) is 0 Å².